The van der Waals surface area contributed by atoms with Crippen LogP contribution in [0.2, 0.25) is 0 Å². The standard InChI is InChI=1S/C25H27F2N7OS/c1-36-25-29-11-17(26)23(31-25)13-5-8-16(21(35)9-13)19-12-28-24(33-32-19)34(15-6-7-15)20-10-14-3-2-4-18(30-14)22(20)27/h5,8-9,11-12,14-15,18,20,22,30,35H,2-4,6-7,10H2,1H3/t14-,18-,20+,22-/m0/s1. The van der Waals surface area contributed by atoms with Gasteiger partial charge in [0.2, 0.25) is 5.95 Å². The summed E-state index contributed by atoms with van der Waals surface area (Å²) in [4.78, 5) is 14.7. The Balaban J connectivity index is 1.26. The van der Waals surface area contributed by atoms with Crippen molar-refractivity contribution in [2.45, 2.75) is 74.0 Å². The zero-order chi connectivity index (χ0) is 24.8. The highest BCUT2D eigenvalue weighted by Crippen LogP contribution is 2.39. The Hall–Kier alpha value is -2.92. The smallest absolute Gasteiger partial charge is 0.245 e. The van der Waals surface area contributed by atoms with Gasteiger partial charge < -0.3 is 15.3 Å². The molecule has 4 atom stereocenters. The van der Waals surface area contributed by atoms with E-state index in [0.29, 0.717) is 34.0 Å². The van der Waals surface area contributed by atoms with Gasteiger partial charge in [0.05, 0.1) is 18.4 Å². The van der Waals surface area contributed by atoms with Gasteiger partial charge in [-0.15, -0.1) is 10.2 Å². The zero-order valence-corrected chi connectivity index (χ0v) is 20.6. The third kappa shape index (κ3) is 4.39. The molecule has 2 bridgehead atoms. The first kappa shape index (κ1) is 23.5. The van der Waals surface area contributed by atoms with E-state index in [2.05, 4.69) is 30.5 Å². The molecule has 3 fully saturated rings. The van der Waals surface area contributed by atoms with E-state index in [1.165, 1.54) is 17.8 Å². The summed E-state index contributed by atoms with van der Waals surface area (Å²) in [5, 5.41) is 23.3. The lowest BCUT2D eigenvalue weighted by molar-refractivity contribution is 0.103. The summed E-state index contributed by atoms with van der Waals surface area (Å²) in [6, 6.07) is 4.94. The van der Waals surface area contributed by atoms with E-state index in [-0.39, 0.29) is 29.6 Å². The van der Waals surface area contributed by atoms with Crippen LogP contribution in [-0.2, 0) is 0 Å². The summed E-state index contributed by atoms with van der Waals surface area (Å²) >= 11 is 1.31. The van der Waals surface area contributed by atoms with Crippen LogP contribution in [0.15, 0.2) is 35.7 Å². The molecule has 0 spiro atoms. The van der Waals surface area contributed by atoms with Gasteiger partial charge >= 0.3 is 0 Å². The van der Waals surface area contributed by atoms with E-state index < -0.39 is 12.0 Å². The number of aromatic hydroxyl groups is 1. The summed E-state index contributed by atoms with van der Waals surface area (Å²) in [7, 11) is 0. The molecule has 2 aromatic heterocycles. The number of thioether (sulfide) groups is 1. The third-order valence-electron chi connectivity index (χ3n) is 7.33. The molecule has 6 rings (SSSR count). The maximum Gasteiger partial charge on any atom is 0.245 e. The molecule has 0 radical (unpaired) electrons. The van der Waals surface area contributed by atoms with Crippen molar-refractivity contribution >= 4 is 17.7 Å². The van der Waals surface area contributed by atoms with Crippen molar-refractivity contribution in [2.75, 3.05) is 11.2 Å². The van der Waals surface area contributed by atoms with Gasteiger partial charge in [0.25, 0.3) is 0 Å². The average molecular weight is 512 g/mol. The van der Waals surface area contributed by atoms with Crippen molar-refractivity contribution in [3.8, 4) is 28.3 Å². The van der Waals surface area contributed by atoms with Gasteiger partial charge in [0.1, 0.15) is 23.3 Å². The molecule has 1 saturated carbocycles. The van der Waals surface area contributed by atoms with Crippen molar-refractivity contribution in [2.24, 2.45) is 0 Å². The number of hydrogen-bond donors (Lipinski definition) is 2. The number of fused-ring (bicyclic) bond motifs is 2. The monoisotopic (exact) mass is 511 g/mol. The number of alkyl halides is 1. The second-order valence-corrected chi connectivity index (χ2v) is 10.5. The maximum absolute atomic E-state index is 15.4. The SMILES string of the molecule is CSc1ncc(F)c(-c2ccc(-c3cnc(N(C4CC4)[C@@H]4C[C@@H]5CCC[C@H](N5)[C@@H]4F)nn3)c(O)c2)n1. The molecule has 2 N–H and O–H groups in total. The Morgan fingerprint density at radius 1 is 1.11 bits per heavy atom. The number of phenolic OH excluding ortho intramolecular Hbond substituents is 1. The average Bonchev–Trinajstić information content (AvgIpc) is 3.73. The number of anilines is 1. The molecule has 1 aromatic carbocycles. The van der Waals surface area contributed by atoms with Crippen LogP contribution in [0.5, 0.6) is 5.75 Å². The van der Waals surface area contributed by atoms with E-state index in [1.807, 2.05) is 11.2 Å². The molecule has 2 saturated heterocycles. The minimum atomic E-state index is -0.976. The minimum Gasteiger partial charge on any atom is -0.507 e. The molecular formula is C25H27F2N7OS. The lowest BCUT2D eigenvalue weighted by Crippen LogP contribution is -2.62. The number of phenols is 1. The van der Waals surface area contributed by atoms with Gasteiger partial charge in [-0.3, -0.25) is 0 Å². The summed E-state index contributed by atoms with van der Waals surface area (Å²) in [5.41, 5.74) is 1.34. The predicted octanol–water partition coefficient (Wildman–Crippen LogP) is 4.15. The number of piperidine rings is 2. The molecule has 1 aliphatic carbocycles. The van der Waals surface area contributed by atoms with Crippen LogP contribution in [0.4, 0.5) is 14.7 Å². The largest absolute Gasteiger partial charge is 0.507 e. The lowest BCUT2D eigenvalue weighted by Gasteiger charge is -2.46. The fraction of sp³-hybridized carbons (Fsp3) is 0.480. The summed E-state index contributed by atoms with van der Waals surface area (Å²) < 4.78 is 29.8. The second kappa shape index (κ2) is 9.51. The maximum atomic E-state index is 15.4. The zero-order valence-electron chi connectivity index (χ0n) is 19.8. The van der Waals surface area contributed by atoms with Crippen molar-refractivity contribution in [1.29, 1.82) is 0 Å². The first-order valence-corrected chi connectivity index (χ1v) is 13.5. The molecule has 3 aromatic rings. The Bertz CT molecular complexity index is 1260. The first-order chi connectivity index (χ1) is 17.5. The molecule has 8 nitrogen and oxygen atoms in total. The normalized spacial score (nSPS) is 25.5. The molecule has 2 aliphatic heterocycles. The van der Waals surface area contributed by atoms with Crippen molar-refractivity contribution in [3.05, 3.63) is 36.4 Å². The fourth-order valence-corrected chi connectivity index (χ4v) is 5.78. The topological polar surface area (TPSA) is 100.0 Å². The van der Waals surface area contributed by atoms with Gasteiger partial charge in [-0.2, -0.15) is 0 Å². The Morgan fingerprint density at radius 2 is 1.97 bits per heavy atom. The molecule has 36 heavy (non-hydrogen) atoms. The predicted molar refractivity (Wildman–Crippen MR) is 133 cm³/mol. The number of halogens is 2. The highest BCUT2D eigenvalue weighted by Gasteiger charge is 2.47. The van der Waals surface area contributed by atoms with Gasteiger partial charge in [-0.1, -0.05) is 24.2 Å². The summed E-state index contributed by atoms with van der Waals surface area (Å²) in [5.74, 6) is -0.231. The van der Waals surface area contributed by atoms with Crippen molar-refractivity contribution in [3.63, 3.8) is 0 Å². The molecule has 3 aliphatic rings. The second-order valence-electron chi connectivity index (χ2n) is 9.72. The Labute approximate surface area is 212 Å². The number of nitrogens with one attached hydrogen (secondary N) is 1. The van der Waals surface area contributed by atoms with Crippen LogP contribution in [0.25, 0.3) is 22.5 Å². The van der Waals surface area contributed by atoms with Crippen molar-refractivity contribution in [1.82, 2.24) is 30.5 Å². The van der Waals surface area contributed by atoms with E-state index >= 15 is 4.39 Å². The molecule has 188 valence electrons. The number of aromatic nitrogens is 5. The van der Waals surface area contributed by atoms with E-state index in [4.69, 9.17) is 0 Å². The third-order valence-corrected chi connectivity index (χ3v) is 7.89. The highest BCUT2D eigenvalue weighted by atomic mass is 32.2. The summed E-state index contributed by atoms with van der Waals surface area (Å²) in [6.07, 6.45) is 9.23. The van der Waals surface area contributed by atoms with Crippen LogP contribution < -0.4 is 10.2 Å². The van der Waals surface area contributed by atoms with Gasteiger partial charge in [0.15, 0.2) is 11.0 Å². The molecule has 4 heterocycles. The highest BCUT2D eigenvalue weighted by molar-refractivity contribution is 7.98. The van der Waals surface area contributed by atoms with Crippen molar-refractivity contribution < 1.29 is 13.9 Å². The number of benzene rings is 1. The molecule has 0 unspecified atom stereocenters. The van der Waals surface area contributed by atoms with Crippen LogP contribution >= 0.6 is 11.8 Å². The summed E-state index contributed by atoms with van der Waals surface area (Å²) in [6.45, 7) is 0. The number of nitrogens with zero attached hydrogens (tertiary/aromatic N) is 6. The number of hydrogen-bond acceptors (Lipinski definition) is 9. The fourth-order valence-electron chi connectivity index (χ4n) is 5.44. The number of rotatable bonds is 6. The van der Waals surface area contributed by atoms with Crippen LogP contribution in [0.3, 0.4) is 0 Å². The van der Waals surface area contributed by atoms with Gasteiger partial charge in [-0.05, 0) is 50.5 Å². The molecule has 11 heteroatoms. The molecule has 0 amide bonds. The lowest BCUT2D eigenvalue weighted by atomic mass is 9.82. The molecular weight excluding hydrogens is 484 g/mol. The van der Waals surface area contributed by atoms with Gasteiger partial charge in [0, 0.05) is 29.3 Å². The van der Waals surface area contributed by atoms with E-state index in [0.717, 1.165) is 44.7 Å². The Kier molecular flexibility index (Phi) is 6.20. The Morgan fingerprint density at radius 3 is 2.69 bits per heavy atom. The van der Waals surface area contributed by atoms with Crippen LogP contribution in [0, 0.1) is 5.82 Å². The van der Waals surface area contributed by atoms with Crippen LogP contribution in [0.1, 0.15) is 38.5 Å². The first-order valence-electron chi connectivity index (χ1n) is 12.3. The van der Waals surface area contributed by atoms with Crippen LogP contribution in [-0.4, -0.2) is 66.9 Å². The van der Waals surface area contributed by atoms with E-state index in [9.17, 15) is 9.50 Å². The van der Waals surface area contributed by atoms with Gasteiger partial charge in [-0.25, -0.2) is 23.7 Å². The quantitative estimate of drug-likeness (QED) is 0.373. The van der Waals surface area contributed by atoms with E-state index in [1.54, 1.807) is 18.3 Å². The minimum absolute atomic E-state index is 0.0888.